The largest absolute Gasteiger partial charge is 0.378 e. The van der Waals surface area contributed by atoms with E-state index in [0.29, 0.717) is 37.8 Å². The van der Waals surface area contributed by atoms with Crippen molar-refractivity contribution >= 4 is 24.7 Å². The third-order valence-electron chi connectivity index (χ3n) is 4.89. The second-order valence-corrected chi connectivity index (χ2v) is 6.99. The van der Waals surface area contributed by atoms with Gasteiger partial charge in [-0.1, -0.05) is 36.4 Å². The van der Waals surface area contributed by atoms with Crippen molar-refractivity contribution in [3.05, 3.63) is 59.8 Å². The fourth-order valence-electron chi connectivity index (χ4n) is 3.29. The summed E-state index contributed by atoms with van der Waals surface area (Å²) in [5.41, 5.74) is 2.28. The van der Waals surface area contributed by atoms with E-state index in [1.807, 2.05) is 24.3 Å². The van der Waals surface area contributed by atoms with E-state index in [0.717, 1.165) is 13.0 Å². The maximum Gasteiger partial charge on any atom is 0.249 e. The van der Waals surface area contributed by atoms with Crippen molar-refractivity contribution in [1.29, 1.82) is 0 Å². The van der Waals surface area contributed by atoms with Gasteiger partial charge in [0.2, 0.25) is 5.91 Å². The number of hydrogen-bond acceptors (Lipinski definition) is 6. The molecule has 0 N–H and O–H groups in total. The van der Waals surface area contributed by atoms with Gasteiger partial charge in [-0.2, -0.15) is 0 Å². The highest BCUT2D eigenvalue weighted by Crippen LogP contribution is 2.14. The monoisotopic (exact) mass is 393 g/mol. The number of aliphatic imine (C=N–C) groups is 3. The van der Waals surface area contributed by atoms with Crippen LogP contribution in [0.4, 0.5) is 0 Å². The van der Waals surface area contributed by atoms with E-state index in [1.165, 1.54) is 18.0 Å². The van der Waals surface area contributed by atoms with Crippen LogP contribution in [-0.4, -0.2) is 80.5 Å². The van der Waals surface area contributed by atoms with Crippen molar-refractivity contribution in [1.82, 2.24) is 9.80 Å². The van der Waals surface area contributed by atoms with Crippen molar-refractivity contribution in [3.8, 4) is 0 Å². The molecule has 1 saturated heterocycles. The van der Waals surface area contributed by atoms with E-state index in [-0.39, 0.29) is 11.9 Å². The first kappa shape index (κ1) is 20.8. The number of ether oxygens (including phenoxy) is 1. The molecule has 0 aromatic heterocycles. The van der Waals surface area contributed by atoms with Crippen LogP contribution in [0.5, 0.6) is 0 Å². The summed E-state index contributed by atoms with van der Waals surface area (Å²) in [4.78, 5) is 29.0. The molecule has 1 fully saturated rings. The van der Waals surface area contributed by atoms with Crippen molar-refractivity contribution in [3.63, 3.8) is 0 Å². The summed E-state index contributed by atoms with van der Waals surface area (Å²) < 4.78 is 5.68. The predicted molar refractivity (Wildman–Crippen MR) is 117 cm³/mol. The number of allylic oxidation sites excluding steroid dienone is 1. The van der Waals surface area contributed by atoms with Crippen LogP contribution in [0.3, 0.4) is 0 Å². The Morgan fingerprint density at radius 1 is 1.41 bits per heavy atom. The minimum Gasteiger partial charge on any atom is -0.378 e. The lowest BCUT2D eigenvalue weighted by molar-refractivity contribution is -0.128. The number of carbonyl (C=O) groups is 1. The quantitative estimate of drug-likeness (QED) is 0.525. The van der Waals surface area contributed by atoms with Gasteiger partial charge in [0.25, 0.3) is 0 Å². The van der Waals surface area contributed by atoms with Gasteiger partial charge in [0, 0.05) is 25.7 Å². The smallest absolute Gasteiger partial charge is 0.249 e. The number of amides is 1. The molecule has 0 aliphatic carbocycles. The molecule has 2 aliphatic rings. The fourth-order valence-corrected chi connectivity index (χ4v) is 3.29. The Hall–Kier alpha value is -2.90. The van der Waals surface area contributed by atoms with Gasteiger partial charge in [0.1, 0.15) is 6.34 Å². The van der Waals surface area contributed by atoms with Crippen LogP contribution in [-0.2, 0) is 16.0 Å². The van der Waals surface area contributed by atoms with E-state index in [4.69, 9.17) is 4.74 Å². The predicted octanol–water partition coefficient (Wildman–Crippen LogP) is 1.97. The van der Waals surface area contributed by atoms with Crippen LogP contribution in [0, 0.1) is 0 Å². The highest BCUT2D eigenvalue weighted by Gasteiger charge is 2.25. The van der Waals surface area contributed by atoms with Crippen molar-refractivity contribution in [2.45, 2.75) is 12.5 Å². The SMILES string of the molecule is C=N/C(=C\C(=O)N(C)CN1CCOC[C@@H]1Cc1ccccc1)C1=NC=NCC=C1. The van der Waals surface area contributed by atoms with E-state index < -0.39 is 0 Å². The molecule has 1 atom stereocenters. The van der Waals surface area contributed by atoms with Gasteiger partial charge in [0.05, 0.1) is 37.8 Å². The molecule has 29 heavy (non-hydrogen) atoms. The van der Waals surface area contributed by atoms with E-state index in [9.17, 15) is 4.79 Å². The highest BCUT2D eigenvalue weighted by molar-refractivity contribution is 6.14. The van der Waals surface area contributed by atoms with E-state index in [2.05, 4.69) is 38.7 Å². The molecular weight excluding hydrogens is 366 g/mol. The Bertz CT molecular complexity index is 829. The second-order valence-electron chi connectivity index (χ2n) is 6.99. The zero-order valence-electron chi connectivity index (χ0n) is 16.8. The summed E-state index contributed by atoms with van der Waals surface area (Å²) in [6.45, 7) is 6.78. The first-order valence-electron chi connectivity index (χ1n) is 9.69. The van der Waals surface area contributed by atoms with Crippen molar-refractivity contribution in [2.75, 3.05) is 40.0 Å². The third-order valence-corrected chi connectivity index (χ3v) is 4.89. The van der Waals surface area contributed by atoms with Gasteiger partial charge in [0.15, 0.2) is 0 Å². The van der Waals surface area contributed by atoms with Crippen LogP contribution in [0.2, 0.25) is 0 Å². The minimum absolute atomic E-state index is 0.144. The number of morpholine rings is 1. The molecule has 0 radical (unpaired) electrons. The molecule has 3 rings (SSSR count). The first-order valence-corrected chi connectivity index (χ1v) is 9.69. The zero-order valence-corrected chi connectivity index (χ0v) is 16.8. The van der Waals surface area contributed by atoms with E-state index in [1.54, 1.807) is 18.0 Å². The minimum atomic E-state index is -0.144. The summed E-state index contributed by atoms with van der Waals surface area (Å²) in [6.07, 6.45) is 7.52. The van der Waals surface area contributed by atoms with Crippen molar-refractivity contribution < 1.29 is 9.53 Å². The molecule has 1 amide bonds. The first-order chi connectivity index (χ1) is 14.2. The Morgan fingerprint density at radius 3 is 3.03 bits per heavy atom. The summed E-state index contributed by atoms with van der Waals surface area (Å²) in [7, 11) is 1.79. The number of nitrogens with zero attached hydrogens (tertiary/aromatic N) is 5. The van der Waals surface area contributed by atoms with Crippen LogP contribution < -0.4 is 0 Å². The van der Waals surface area contributed by atoms with Crippen LogP contribution in [0.15, 0.2) is 69.2 Å². The highest BCUT2D eigenvalue weighted by atomic mass is 16.5. The summed E-state index contributed by atoms with van der Waals surface area (Å²) in [5, 5.41) is 0. The molecule has 7 nitrogen and oxygen atoms in total. The molecule has 1 aromatic rings. The number of hydrogen-bond donors (Lipinski definition) is 0. The van der Waals surface area contributed by atoms with E-state index >= 15 is 0 Å². The average molecular weight is 393 g/mol. The van der Waals surface area contributed by atoms with Gasteiger partial charge >= 0.3 is 0 Å². The molecule has 0 spiro atoms. The summed E-state index contributed by atoms with van der Waals surface area (Å²) >= 11 is 0. The Kier molecular flexibility index (Phi) is 7.61. The Labute approximate surface area is 171 Å². The molecule has 1 aromatic carbocycles. The average Bonchev–Trinajstić information content (AvgIpc) is 3.03. The molecular formula is C22H27N5O2. The van der Waals surface area contributed by atoms with Crippen LogP contribution in [0.25, 0.3) is 0 Å². The fraction of sp³-hybridized carbons (Fsp3) is 0.364. The Morgan fingerprint density at radius 2 is 2.24 bits per heavy atom. The van der Waals surface area contributed by atoms with Crippen LogP contribution >= 0.6 is 0 Å². The lowest BCUT2D eigenvalue weighted by atomic mass is 10.0. The topological polar surface area (TPSA) is 69.9 Å². The molecule has 0 bridgehead atoms. The molecule has 2 aliphatic heterocycles. The lowest BCUT2D eigenvalue weighted by Crippen LogP contribution is -2.51. The Balaban J connectivity index is 1.66. The molecule has 2 heterocycles. The van der Waals surface area contributed by atoms with Gasteiger partial charge in [-0.3, -0.25) is 19.7 Å². The number of benzene rings is 1. The van der Waals surface area contributed by atoms with Gasteiger partial charge in [-0.15, -0.1) is 0 Å². The molecule has 0 unspecified atom stereocenters. The van der Waals surface area contributed by atoms with Gasteiger partial charge in [-0.25, -0.2) is 4.99 Å². The maximum atomic E-state index is 12.8. The second kappa shape index (κ2) is 10.6. The molecule has 152 valence electrons. The van der Waals surface area contributed by atoms with Crippen LogP contribution in [0.1, 0.15) is 5.56 Å². The summed E-state index contributed by atoms with van der Waals surface area (Å²) in [6, 6.07) is 10.6. The van der Waals surface area contributed by atoms with Gasteiger partial charge < -0.3 is 9.64 Å². The number of likely N-dealkylation sites (N-methyl/N-ethyl adjacent to an activating group) is 1. The summed E-state index contributed by atoms with van der Waals surface area (Å²) in [5.74, 6) is -0.144. The lowest BCUT2D eigenvalue weighted by Gasteiger charge is -2.37. The zero-order chi connectivity index (χ0) is 20.5. The molecule has 7 heteroatoms. The maximum absolute atomic E-state index is 12.8. The number of carbonyl (C=O) groups excluding carboxylic acids is 1. The third kappa shape index (κ3) is 6.04. The standard InChI is InChI=1S/C22H27N5O2/c1-23-21(20-9-6-10-24-16-25-20)14-22(28)26(2)17-27-11-12-29-15-19(27)13-18-7-4-3-5-8-18/h3-9,14,16,19H,1,10-13,15,17H2,2H3/b21-14-/t19-/m0/s1. The normalized spacial score (nSPS) is 20.1. The molecule has 0 saturated carbocycles. The van der Waals surface area contributed by atoms with Crippen molar-refractivity contribution in [2.24, 2.45) is 15.0 Å². The number of rotatable bonds is 7. The van der Waals surface area contributed by atoms with Gasteiger partial charge in [-0.05, 0) is 24.8 Å².